The third-order valence-electron chi connectivity index (χ3n) is 8.90. The summed E-state index contributed by atoms with van der Waals surface area (Å²) in [5, 5.41) is 31.1. The second-order valence-corrected chi connectivity index (χ2v) is 9.59. The molecule has 3 fully saturated rings. The fraction of sp³-hybridized carbons (Fsp3) is 0.857. The van der Waals surface area contributed by atoms with Gasteiger partial charge in [-0.25, -0.2) is 0 Å². The van der Waals surface area contributed by atoms with Crippen LogP contribution in [-0.2, 0) is 4.79 Å². The summed E-state index contributed by atoms with van der Waals surface area (Å²) in [6.07, 6.45) is 8.03. The maximum absolute atomic E-state index is 11.9. The Hall–Kier alpha value is -0.710. The number of hydrogen-bond donors (Lipinski definition) is 3. The average Bonchev–Trinajstić information content (AvgIpc) is 2.87. The van der Waals surface area contributed by atoms with Gasteiger partial charge in [0, 0.05) is 11.8 Å². The standard InChI is InChI=1S/C21H32O4/c1-19-8-5-14(23)11-13(19)3-4-15-16(19)6-9-20(2)17(15)7-10-21(20,25)18(24)12-22/h11,15-18,22,24-25H,3-10,12H2,1-2H3/t15-,16-,17-,18?,19-,20-,21-/m0/s1. The first-order valence-corrected chi connectivity index (χ1v) is 10.0. The van der Waals surface area contributed by atoms with Gasteiger partial charge in [0.2, 0.25) is 0 Å². The van der Waals surface area contributed by atoms with E-state index in [1.54, 1.807) is 0 Å². The van der Waals surface area contributed by atoms with Gasteiger partial charge in [-0.2, -0.15) is 0 Å². The summed E-state index contributed by atoms with van der Waals surface area (Å²) in [6.45, 7) is 4.12. The Morgan fingerprint density at radius 1 is 1.12 bits per heavy atom. The van der Waals surface area contributed by atoms with Gasteiger partial charge in [-0.3, -0.25) is 4.79 Å². The number of carbonyl (C=O) groups is 1. The predicted molar refractivity (Wildman–Crippen MR) is 94.8 cm³/mol. The number of rotatable bonds is 2. The SMILES string of the molecule is C[C@]12CCC(=O)C=C1CC[C@H]1[C@@H]2CC[C@@]2(C)[C@H]1CC[C@]2(O)C(O)CO. The van der Waals surface area contributed by atoms with E-state index in [4.69, 9.17) is 0 Å². The van der Waals surface area contributed by atoms with Crippen LogP contribution in [0.5, 0.6) is 0 Å². The number of allylic oxidation sites excluding steroid dienone is 1. The lowest BCUT2D eigenvalue weighted by Crippen LogP contribution is -2.59. The Balaban J connectivity index is 1.67. The molecule has 0 aromatic rings. The zero-order valence-electron chi connectivity index (χ0n) is 15.5. The van der Waals surface area contributed by atoms with Crippen LogP contribution in [-0.4, -0.2) is 39.4 Å². The van der Waals surface area contributed by atoms with Crippen molar-refractivity contribution in [3.05, 3.63) is 11.6 Å². The minimum absolute atomic E-state index is 0.133. The van der Waals surface area contributed by atoms with Gasteiger partial charge in [0.15, 0.2) is 5.78 Å². The van der Waals surface area contributed by atoms with Crippen LogP contribution in [0, 0.1) is 28.6 Å². The summed E-state index contributed by atoms with van der Waals surface area (Å²) in [7, 11) is 0. The van der Waals surface area contributed by atoms with Crippen LogP contribution < -0.4 is 0 Å². The first-order chi connectivity index (χ1) is 11.8. The molecule has 4 heteroatoms. The lowest BCUT2D eigenvalue weighted by atomic mass is 9.46. The molecule has 3 N–H and O–H groups in total. The van der Waals surface area contributed by atoms with Crippen molar-refractivity contribution >= 4 is 5.78 Å². The van der Waals surface area contributed by atoms with Crippen LogP contribution in [0.3, 0.4) is 0 Å². The van der Waals surface area contributed by atoms with Gasteiger partial charge >= 0.3 is 0 Å². The van der Waals surface area contributed by atoms with Crippen molar-refractivity contribution < 1.29 is 20.1 Å². The molecule has 0 aliphatic heterocycles. The molecule has 0 bridgehead atoms. The van der Waals surface area contributed by atoms with Crippen LogP contribution >= 0.6 is 0 Å². The van der Waals surface area contributed by atoms with Crippen LogP contribution in [0.15, 0.2) is 11.6 Å². The highest BCUT2D eigenvalue weighted by atomic mass is 16.4. The fourth-order valence-corrected chi connectivity index (χ4v) is 7.31. The molecule has 140 valence electrons. The third kappa shape index (κ3) is 2.20. The van der Waals surface area contributed by atoms with Crippen molar-refractivity contribution in [3.63, 3.8) is 0 Å². The number of fused-ring (bicyclic) bond motifs is 5. The summed E-state index contributed by atoms with van der Waals surface area (Å²) < 4.78 is 0. The smallest absolute Gasteiger partial charge is 0.155 e. The van der Waals surface area contributed by atoms with Crippen LogP contribution in [0.4, 0.5) is 0 Å². The molecule has 0 heterocycles. The van der Waals surface area contributed by atoms with E-state index in [0.29, 0.717) is 30.6 Å². The highest BCUT2D eigenvalue weighted by Gasteiger charge is 2.65. The number of ketones is 1. The van der Waals surface area contributed by atoms with E-state index in [1.807, 2.05) is 6.08 Å². The Morgan fingerprint density at radius 3 is 2.56 bits per heavy atom. The molecule has 0 radical (unpaired) electrons. The molecule has 4 aliphatic rings. The van der Waals surface area contributed by atoms with Gasteiger partial charge in [-0.15, -0.1) is 0 Å². The van der Waals surface area contributed by atoms with E-state index in [2.05, 4.69) is 13.8 Å². The third-order valence-corrected chi connectivity index (χ3v) is 8.90. The molecular weight excluding hydrogens is 316 g/mol. The Labute approximate surface area is 150 Å². The summed E-state index contributed by atoms with van der Waals surface area (Å²) in [6, 6.07) is 0. The van der Waals surface area contributed by atoms with Crippen LogP contribution in [0.1, 0.15) is 65.2 Å². The summed E-state index contributed by atoms with van der Waals surface area (Å²) >= 11 is 0. The molecule has 0 amide bonds. The van der Waals surface area contributed by atoms with Crippen molar-refractivity contribution in [2.45, 2.75) is 76.9 Å². The van der Waals surface area contributed by atoms with Gasteiger partial charge < -0.3 is 15.3 Å². The second kappa shape index (κ2) is 5.64. The van der Waals surface area contributed by atoms with E-state index in [0.717, 1.165) is 38.5 Å². The maximum Gasteiger partial charge on any atom is 0.155 e. The molecule has 1 unspecified atom stereocenters. The van der Waals surface area contributed by atoms with Crippen molar-refractivity contribution in [1.29, 1.82) is 0 Å². The van der Waals surface area contributed by atoms with Gasteiger partial charge in [0.05, 0.1) is 12.2 Å². The molecule has 0 aromatic heterocycles. The molecule has 25 heavy (non-hydrogen) atoms. The fourth-order valence-electron chi connectivity index (χ4n) is 7.31. The zero-order chi connectivity index (χ0) is 18.0. The highest BCUT2D eigenvalue weighted by molar-refractivity contribution is 5.91. The summed E-state index contributed by atoms with van der Waals surface area (Å²) in [5.74, 6) is 1.81. The molecular formula is C21H32O4. The van der Waals surface area contributed by atoms with Crippen LogP contribution in [0.25, 0.3) is 0 Å². The molecule has 4 aliphatic carbocycles. The minimum atomic E-state index is -1.17. The maximum atomic E-state index is 11.9. The molecule has 7 atom stereocenters. The van der Waals surface area contributed by atoms with E-state index in [9.17, 15) is 20.1 Å². The lowest BCUT2D eigenvalue weighted by Gasteiger charge is -2.59. The number of aliphatic hydroxyl groups is 3. The average molecular weight is 348 g/mol. The molecule has 4 rings (SSSR count). The lowest BCUT2D eigenvalue weighted by molar-refractivity contribution is -0.184. The molecule has 4 nitrogen and oxygen atoms in total. The van der Waals surface area contributed by atoms with Gasteiger partial charge in [0.1, 0.15) is 6.10 Å². The topological polar surface area (TPSA) is 77.8 Å². The van der Waals surface area contributed by atoms with Gasteiger partial charge in [0.25, 0.3) is 0 Å². The molecule has 0 spiro atoms. The van der Waals surface area contributed by atoms with Crippen LogP contribution in [0.2, 0.25) is 0 Å². The van der Waals surface area contributed by atoms with E-state index in [1.165, 1.54) is 5.57 Å². The van der Waals surface area contributed by atoms with E-state index in [-0.39, 0.29) is 23.2 Å². The first kappa shape index (κ1) is 17.7. The summed E-state index contributed by atoms with van der Waals surface area (Å²) in [4.78, 5) is 11.9. The van der Waals surface area contributed by atoms with Crippen molar-refractivity contribution in [2.75, 3.05) is 6.61 Å². The number of carbonyl (C=O) groups excluding carboxylic acids is 1. The van der Waals surface area contributed by atoms with Crippen molar-refractivity contribution in [3.8, 4) is 0 Å². The largest absolute Gasteiger partial charge is 0.394 e. The zero-order valence-corrected chi connectivity index (χ0v) is 15.5. The van der Waals surface area contributed by atoms with Crippen molar-refractivity contribution in [2.24, 2.45) is 28.6 Å². The molecule has 3 saturated carbocycles. The van der Waals surface area contributed by atoms with E-state index < -0.39 is 11.7 Å². The Bertz CT molecular complexity index is 613. The second-order valence-electron chi connectivity index (χ2n) is 9.59. The number of aliphatic hydroxyl groups excluding tert-OH is 2. The Kier molecular flexibility index (Phi) is 3.99. The number of hydrogen-bond acceptors (Lipinski definition) is 4. The van der Waals surface area contributed by atoms with Gasteiger partial charge in [-0.1, -0.05) is 19.4 Å². The monoisotopic (exact) mass is 348 g/mol. The molecule has 0 aromatic carbocycles. The minimum Gasteiger partial charge on any atom is -0.394 e. The van der Waals surface area contributed by atoms with E-state index >= 15 is 0 Å². The quantitative estimate of drug-likeness (QED) is 0.717. The first-order valence-electron chi connectivity index (χ1n) is 10.0. The summed E-state index contributed by atoms with van der Waals surface area (Å²) in [5.41, 5.74) is 0.00120. The molecule has 0 saturated heterocycles. The normalized spacial score (nSPS) is 50.5. The Morgan fingerprint density at radius 2 is 1.84 bits per heavy atom. The van der Waals surface area contributed by atoms with Gasteiger partial charge in [-0.05, 0) is 74.2 Å². The highest BCUT2D eigenvalue weighted by Crippen LogP contribution is 2.67. The van der Waals surface area contributed by atoms with Crippen molar-refractivity contribution in [1.82, 2.24) is 0 Å². The predicted octanol–water partition coefficient (Wildman–Crippen LogP) is 2.60.